The lowest BCUT2D eigenvalue weighted by atomic mass is 9.80. The summed E-state index contributed by atoms with van der Waals surface area (Å²) in [5, 5.41) is 17.3. The molecule has 24 heavy (non-hydrogen) atoms. The largest absolute Gasteiger partial charge is 0.481 e. The van der Waals surface area contributed by atoms with Gasteiger partial charge < -0.3 is 15.2 Å². The predicted molar refractivity (Wildman–Crippen MR) is 85.7 cm³/mol. The quantitative estimate of drug-likeness (QED) is 0.861. The molecule has 1 fully saturated rings. The number of carboxylic acid groups (broad SMARTS) is 1. The Labute approximate surface area is 138 Å². The molecule has 0 aliphatic carbocycles. The highest BCUT2D eigenvalue weighted by Gasteiger charge is 2.40. The zero-order chi connectivity index (χ0) is 17.3. The zero-order valence-corrected chi connectivity index (χ0v) is 13.7. The Bertz CT molecular complexity index is 793. The number of rotatable bonds is 4. The second-order valence-electron chi connectivity index (χ2n) is 6.18. The van der Waals surface area contributed by atoms with Gasteiger partial charge in [0.05, 0.1) is 16.7 Å². The van der Waals surface area contributed by atoms with Crippen LogP contribution in [-0.4, -0.2) is 51.5 Å². The van der Waals surface area contributed by atoms with Crippen LogP contribution in [0.15, 0.2) is 12.3 Å². The molecule has 2 N–H and O–H groups in total. The highest BCUT2D eigenvalue weighted by molar-refractivity contribution is 5.97. The number of nitrogens with zero attached hydrogens (tertiary/aromatic N) is 3. The minimum absolute atomic E-state index is 0.0780. The fraction of sp³-hybridized carbons (Fsp3) is 0.500. The van der Waals surface area contributed by atoms with Crippen LogP contribution in [0.1, 0.15) is 28.9 Å². The number of amides is 1. The second-order valence-corrected chi connectivity index (χ2v) is 6.18. The molecule has 1 aliphatic rings. The van der Waals surface area contributed by atoms with Gasteiger partial charge in [0.25, 0.3) is 5.91 Å². The summed E-state index contributed by atoms with van der Waals surface area (Å²) in [4.78, 5) is 28.3. The molecule has 1 saturated heterocycles. The average Bonchev–Trinajstić information content (AvgIpc) is 2.87. The lowest BCUT2D eigenvalue weighted by molar-refractivity contribution is -0.154. The van der Waals surface area contributed by atoms with Gasteiger partial charge in [-0.05, 0) is 25.8 Å². The molecule has 0 saturated carbocycles. The fourth-order valence-electron chi connectivity index (χ4n) is 3.01. The third-order valence-corrected chi connectivity index (χ3v) is 4.62. The van der Waals surface area contributed by atoms with Crippen molar-refractivity contribution >= 4 is 22.9 Å². The summed E-state index contributed by atoms with van der Waals surface area (Å²) in [6, 6.07) is 1.73. The summed E-state index contributed by atoms with van der Waals surface area (Å²) >= 11 is 0. The fourth-order valence-corrected chi connectivity index (χ4v) is 3.01. The van der Waals surface area contributed by atoms with E-state index in [0.717, 1.165) is 11.1 Å². The predicted octanol–water partition coefficient (Wildman–Crippen LogP) is 0.888. The van der Waals surface area contributed by atoms with E-state index in [1.165, 1.54) is 6.20 Å². The van der Waals surface area contributed by atoms with Gasteiger partial charge in [-0.2, -0.15) is 5.10 Å². The minimum atomic E-state index is -0.963. The Balaban J connectivity index is 1.77. The number of pyridine rings is 1. The number of carbonyl (C=O) groups excluding carboxylic acids is 1. The number of carboxylic acids is 1. The molecule has 2 aromatic heterocycles. The molecule has 1 amide bonds. The van der Waals surface area contributed by atoms with Crippen LogP contribution in [-0.2, 0) is 16.6 Å². The number of aryl methyl sites for hydroxylation is 2. The van der Waals surface area contributed by atoms with Gasteiger partial charge in [0, 0.05) is 38.4 Å². The van der Waals surface area contributed by atoms with Gasteiger partial charge >= 0.3 is 5.97 Å². The summed E-state index contributed by atoms with van der Waals surface area (Å²) in [6.45, 7) is 2.72. The third-order valence-electron chi connectivity index (χ3n) is 4.62. The first-order chi connectivity index (χ1) is 11.4. The molecule has 0 bridgehead atoms. The van der Waals surface area contributed by atoms with Crippen LogP contribution in [0.4, 0.5) is 0 Å². The maximum atomic E-state index is 12.4. The van der Waals surface area contributed by atoms with E-state index >= 15 is 0 Å². The van der Waals surface area contributed by atoms with Crippen LogP contribution >= 0.6 is 0 Å². The van der Waals surface area contributed by atoms with E-state index in [0.29, 0.717) is 37.3 Å². The molecule has 8 heteroatoms. The van der Waals surface area contributed by atoms with Crippen molar-refractivity contribution < 1.29 is 19.4 Å². The molecule has 8 nitrogen and oxygen atoms in total. The van der Waals surface area contributed by atoms with Crippen molar-refractivity contribution in [1.29, 1.82) is 0 Å². The third kappa shape index (κ3) is 2.84. The summed E-state index contributed by atoms with van der Waals surface area (Å²) < 4.78 is 6.90. The highest BCUT2D eigenvalue weighted by Crippen LogP contribution is 2.30. The van der Waals surface area contributed by atoms with Gasteiger partial charge in [-0.1, -0.05) is 0 Å². The Morgan fingerprint density at radius 1 is 1.42 bits per heavy atom. The van der Waals surface area contributed by atoms with Crippen LogP contribution in [0.3, 0.4) is 0 Å². The average molecular weight is 332 g/mol. The van der Waals surface area contributed by atoms with Crippen LogP contribution in [0, 0.1) is 12.3 Å². The van der Waals surface area contributed by atoms with E-state index in [9.17, 15) is 14.7 Å². The van der Waals surface area contributed by atoms with E-state index in [1.807, 2.05) is 6.92 Å². The van der Waals surface area contributed by atoms with E-state index in [2.05, 4.69) is 15.4 Å². The zero-order valence-electron chi connectivity index (χ0n) is 13.7. The summed E-state index contributed by atoms with van der Waals surface area (Å²) in [6.07, 6.45) is 2.26. The number of fused-ring (bicyclic) bond motifs is 1. The number of carbonyl (C=O) groups is 2. The van der Waals surface area contributed by atoms with Crippen molar-refractivity contribution in [2.75, 3.05) is 19.8 Å². The standard InChI is InChI=1S/C16H20N4O4/c1-10-12-7-11(8-17-13(12)20(2)19-10)14(21)18-9-16(15(22)23)3-5-24-6-4-16/h7-8H,3-6,9H2,1-2H3,(H,18,21)(H,22,23). The minimum Gasteiger partial charge on any atom is -0.481 e. The second kappa shape index (κ2) is 6.20. The number of aliphatic carboxylic acids is 1. The molecule has 0 unspecified atom stereocenters. The van der Waals surface area contributed by atoms with Gasteiger partial charge in [0.1, 0.15) is 0 Å². The topological polar surface area (TPSA) is 106 Å². The van der Waals surface area contributed by atoms with Gasteiger partial charge in [-0.3, -0.25) is 14.3 Å². The van der Waals surface area contributed by atoms with E-state index < -0.39 is 11.4 Å². The summed E-state index contributed by atoms with van der Waals surface area (Å²) in [5.74, 6) is -1.23. The highest BCUT2D eigenvalue weighted by atomic mass is 16.5. The van der Waals surface area contributed by atoms with E-state index in [1.54, 1.807) is 17.8 Å². The summed E-state index contributed by atoms with van der Waals surface area (Å²) in [5.41, 5.74) is 0.929. The van der Waals surface area contributed by atoms with Crippen molar-refractivity contribution in [2.45, 2.75) is 19.8 Å². The monoisotopic (exact) mass is 332 g/mol. The van der Waals surface area contributed by atoms with Gasteiger partial charge in [0.15, 0.2) is 5.65 Å². The van der Waals surface area contributed by atoms with Crippen LogP contribution in [0.25, 0.3) is 11.0 Å². The van der Waals surface area contributed by atoms with Gasteiger partial charge in [-0.15, -0.1) is 0 Å². The lowest BCUT2D eigenvalue weighted by Gasteiger charge is -2.33. The van der Waals surface area contributed by atoms with Gasteiger partial charge in [0.2, 0.25) is 0 Å². The van der Waals surface area contributed by atoms with E-state index in [-0.39, 0.29) is 12.5 Å². The first-order valence-corrected chi connectivity index (χ1v) is 7.82. The number of ether oxygens (including phenoxy) is 1. The van der Waals surface area contributed by atoms with E-state index in [4.69, 9.17) is 4.74 Å². The van der Waals surface area contributed by atoms with Gasteiger partial charge in [-0.25, -0.2) is 4.98 Å². The molecule has 0 aromatic carbocycles. The number of hydrogen-bond acceptors (Lipinski definition) is 5. The molecule has 3 rings (SSSR count). The molecule has 1 aliphatic heterocycles. The molecule has 3 heterocycles. The van der Waals surface area contributed by atoms with Crippen LogP contribution < -0.4 is 5.32 Å². The normalized spacial score (nSPS) is 16.9. The Hall–Kier alpha value is -2.48. The Morgan fingerprint density at radius 3 is 2.79 bits per heavy atom. The smallest absolute Gasteiger partial charge is 0.311 e. The Morgan fingerprint density at radius 2 is 2.12 bits per heavy atom. The Kier molecular flexibility index (Phi) is 4.23. The first-order valence-electron chi connectivity index (χ1n) is 7.82. The molecule has 2 aromatic rings. The number of hydrogen-bond donors (Lipinski definition) is 2. The van der Waals surface area contributed by atoms with Crippen molar-refractivity contribution in [1.82, 2.24) is 20.1 Å². The molecular formula is C16H20N4O4. The molecule has 0 spiro atoms. The SMILES string of the molecule is Cc1nn(C)c2ncc(C(=O)NCC3(C(=O)O)CCOCC3)cc12. The number of nitrogens with one attached hydrogen (secondary N) is 1. The molecule has 0 atom stereocenters. The van der Waals surface area contributed by atoms with Crippen molar-refractivity contribution in [3.8, 4) is 0 Å². The van der Waals surface area contributed by atoms with Crippen molar-refractivity contribution in [2.24, 2.45) is 12.5 Å². The lowest BCUT2D eigenvalue weighted by Crippen LogP contribution is -2.46. The van der Waals surface area contributed by atoms with Crippen LogP contribution in [0.5, 0.6) is 0 Å². The molecule has 0 radical (unpaired) electrons. The van der Waals surface area contributed by atoms with Crippen molar-refractivity contribution in [3.05, 3.63) is 23.5 Å². The molecular weight excluding hydrogens is 312 g/mol. The number of aromatic nitrogens is 3. The maximum absolute atomic E-state index is 12.4. The summed E-state index contributed by atoms with van der Waals surface area (Å²) in [7, 11) is 1.80. The van der Waals surface area contributed by atoms with Crippen molar-refractivity contribution in [3.63, 3.8) is 0 Å². The first kappa shape index (κ1) is 16.4. The maximum Gasteiger partial charge on any atom is 0.311 e. The van der Waals surface area contributed by atoms with Crippen LogP contribution in [0.2, 0.25) is 0 Å². The molecule has 128 valence electrons.